The normalized spacial score (nSPS) is 10.1. The third-order valence-corrected chi connectivity index (χ3v) is 2.55. The molecule has 0 aliphatic carbocycles. The van der Waals surface area contributed by atoms with Crippen molar-refractivity contribution in [2.45, 2.75) is 0 Å². The molecule has 0 N–H and O–H groups in total. The summed E-state index contributed by atoms with van der Waals surface area (Å²) in [4.78, 5) is 10.5. The Labute approximate surface area is 94.9 Å². The van der Waals surface area contributed by atoms with Gasteiger partial charge in [0.25, 0.3) is 0 Å². The monoisotopic (exact) mass is 298 g/mol. The highest BCUT2D eigenvalue weighted by Crippen LogP contribution is 2.10. The van der Waals surface area contributed by atoms with Gasteiger partial charge in [0.15, 0.2) is 6.29 Å². The smallest absolute Gasteiger partial charge is 0.153 e. The predicted octanol–water partition coefficient (Wildman–Crippen LogP) is 2.29. The highest BCUT2D eigenvalue weighted by atomic mass is 127. The van der Waals surface area contributed by atoms with Crippen LogP contribution in [0.2, 0.25) is 0 Å². The summed E-state index contributed by atoms with van der Waals surface area (Å²) in [5.41, 5.74) is 1.54. The number of rotatable bonds is 2. The second kappa shape index (κ2) is 3.91. The van der Waals surface area contributed by atoms with Crippen LogP contribution in [0.5, 0.6) is 0 Å². The fourth-order valence-electron chi connectivity index (χ4n) is 1.13. The summed E-state index contributed by atoms with van der Waals surface area (Å²) in [6.07, 6.45) is 4.04. The van der Waals surface area contributed by atoms with E-state index in [1.807, 2.05) is 24.3 Å². The van der Waals surface area contributed by atoms with E-state index in [2.05, 4.69) is 27.7 Å². The first-order valence-electron chi connectivity index (χ1n) is 4.05. The molecule has 0 aliphatic rings. The molecule has 1 heterocycles. The Morgan fingerprint density at radius 1 is 1.29 bits per heavy atom. The second-order valence-corrected chi connectivity index (χ2v) is 4.06. The van der Waals surface area contributed by atoms with Crippen molar-refractivity contribution >= 4 is 28.9 Å². The lowest BCUT2D eigenvalue weighted by molar-refractivity contribution is 0.112. The Bertz CT molecular complexity index is 447. The van der Waals surface area contributed by atoms with E-state index in [-0.39, 0.29) is 0 Å². The summed E-state index contributed by atoms with van der Waals surface area (Å²) in [5.74, 6) is 0. The third-order valence-electron chi connectivity index (χ3n) is 1.83. The second-order valence-electron chi connectivity index (χ2n) is 2.81. The van der Waals surface area contributed by atoms with Crippen molar-refractivity contribution in [2.75, 3.05) is 0 Å². The summed E-state index contributed by atoms with van der Waals surface area (Å²) in [6.45, 7) is 0. The Balaban J connectivity index is 2.39. The minimum Gasteiger partial charge on any atom is -0.298 e. The Hall–Kier alpha value is -1.17. The molecule has 0 amide bonds. The number of carbonyl (C=O) groups excluding carboxylic acids is 1. The molecule has 0 bridgehead atoms. The van der Waals surface area contributed by atoms with E-state index in [1.165, 1.54) is 3.57 Å². The van der Waals surface area contributed by atoms with Gasteiger partial charge in [-0.05, 0) is 46.9 Å². The lowest BCUT2D eigenvalue weighted by Gasteiger charge is -1.99. The molecule has 0 aliphatic heterocycles. The zero-order valence-electron chi connectivity index (χ0n) is 7.22. The third kappa shape index (κ3) is 1.84. The number of hydrogen-bond donors (Lipinski definition) is 0. The van der Waals surface area contributed by atoms with Gasteiger partial charge in [0.2, 0.25) is 0 Å². The highest BCUT2D eigenvalue weighted by molar-refractivity contribution is 14.1. The fourth-order valence-corrected chi connectivity index (χ4v) is 1.49. The van der Waals surface area contributed by atoms with Crippen molar-refractivity contribution in [3.8, 4) is 5.69 Å². The van der Waals surface area contributed by atoms with Gasteiger partial charge in [0, 0.05) is 9.77 Å². The highest BCUT2D eigenvalue weighted by Gasteiger charge is 1.98. The van der Waals surface area contributed by atoms with Gasteiger partial charge in [0.05, 0.1) is 17.4 Å². The summed E-state index contributed by atoms with van der Waals surface area (Å²) < 4.78 is 2.86. The molecule has 14 heavy (non-hydrogen) atoms. The summed E-state index contributed by atoms with van der Waals surface area (Å²) in [7, 11) is 0. The van der Waals surface area contributed by atoms with Crippen LogP contribution in [-0.2, 0) is 0 Å². The first kappa shape index (κ1) is 9.39. The maximum atomic E-state index is 10.5. The molecule has 1 aromatic heterocycles. The maximum absolute atomic E-state index is 10.5. The minimum atomic E-state index is 0.587. The number of nitrogens with zero attached hydrogens (tertiary/aromatic N) is 2. The van der Waals surface area contributed by atoms with Crippen LogP contribution in [0, 0.1) is 3.57 Å². The zero-order chi connectivity index (χ0) is 9.97. The van der Waals surface area contributed by atoms with Crippen LogP contribution in [0.1, 0.15) is 10.4 Å². The van der Waals surface area contributed by atoms with Crippen LogP contribution in [0.4, 0.5) is 0 Å². The molecule has 3 nitrogen and oxygen atoms in total. The van der Waals surface area contributed by atoms with Crippen molar-refractivity contribution in [3.63, 3.8) is 0 Å². The van der Waals surface area contributed by atoms with E-state index in [1.54, 1.807) is 17.1 Å². The van der Waals surface area contributed by atoms with Gasteiger partial charge >= 0.3 is 0 Å². The molecule has 2 rings (SSSR count). The number of benzene rings is 1. The van der Waals surface area contributed by atoms with Crippen molar-refractivity contribution in [2.24, 2.45) is 0 Å². The number of hydrogen-bond acceptors (Lipinski definition) is 2. The molecule has 0 atom stereocenters. The van der Waals surface area contributed by atoms with Crippen LogP contribution in [0.3, 0.4) is 0 Å². The Kier molecular flexibility index (Phi) is 2.62. The molecular weight excluding hydrogens is 291 g/mol. The summed E-state index contributed by atoms with van der Waals surface area (Å²) in [6, 6.07) is 7.92. The van der Waals surface area contributed by atoms with E-state index in [4.69, 9.17) is 0 Å². The Morgan fingerprint density at radius 2 is 2.00 bits per heavy atom. The molecular formula is C10H7IN2O. The maximum Gasteiger partial charge on any atom is 0.153 e. The van der Waals surface area contributed by atoms with Crippen LogP contribution >= 0.6 is 22.6 Å². The van der Waals surface area contributed by atoms with E-state index in [0.717, 1.165) is 12.0 Å². The van der Waals surface area contributed by atoms with Gasteiger partial charge in [-0.15, -0.1) is 0 Å². The van der Waals surface area contributed by atoms with Gasteiger partial charge in [-0.25, -0.2) is 4.68 Å². The van der Waals surface area contributed by atoms with Crippen molar-refractivity contribution < 1.29 is 4.79 Å². The van der Waals surface area contributed by atoms with Gasteiger partial charge < -0.3 is 0 Å². The number of aromatic nitrogens is 2. The van der Waals surface area contributed by atoms with E-state index in [9.17, 15) is 4.79 Å². The largest absolute Gasteiger partial charge is 0.298 e. The Morgan fingerprint density at radius 3 is 2.57 bits per heavy atom. The average Bonchev–Trinajstić information content (AvgIpc) is 2.67. The lowest BCUT2D eigenvalue weighted by atomic mass is 10.3. The number of aldehydes is 1. The van der Waals surface area contributed by atoms with Gasteiger partial charge in [-0.3, -0.25) is 4.79 Å². The van der Waals surface area contributed by atoms with E-state index < -0.39 is 0 Å². The number of halogens is 1. The standard InChI is InChI=1S/C10H7IN2O/c11-9-1-3-10(4-2-9)13-6-8(7-14)5-12-13/h1-7H. The van der Waals surface area contributed by atoms with Crippen molar-refractivity contribution in [3.05, 3.63) is 45.8 Å². The zero-order valence-corrected chi connectivity index (χ0v) is 9.38. The molecule has 0 radical (unpaired) electrons. The molecule has 0 saturated carbocycles. The minimum absolute atomic E-state index is 0.587. The van der Waals surface area contributed by atoms with Gasteiger partial charge in [-0.1, -0.05) is 0 Å². The van der Waals surface area contributed by atoms with Crippen LogP contribution in [0.25, 0.3) is 5.69 Å². The van der Waals surface area contributed by atoms with E-state index >= 15 is 0 Å². The predicted molar refractivity (Wildman–Crippen MR) is 61.7 cm³/mol. The van der Waals surface area contributed by atoms with Crippen LogP contribution in [-0.4, -0.2) is 16.1 Å². The molecule has 4 heteroatoms. The van der Waals surface area contributed by atoms with E-state index in [0.29, 0.717) is 5.56 Å². The molecule has 0 saturated heterocycles. The number of carbonyl (C=O) groups is 1. The van der Waals surface area contributed by atoms with Gasteiger partial charge in [0.1, 0.15) is 0 Å². The molecule has 0 fully saturated rings. The first-order valence-corrected chi connectivity index (χ1v) is 5.13. The quantitative estimate of drug-likeness (QED) is 0.630. The average molecular weight is 298 g/mol. The fraction of sp³-hybridized carbons (Fsp3) is 0. The van der Waals surface area contributed by atoms with Gasteiger partial charge in [-0.2, -0.15) is 5.10 Å². The molecule has 0 spiro atoms. The lowest BCUT2D eigenvalue weighted by Crippen LogP contribution is -1.93. The first-order chi connectivity index (χ1) is 6.79. The topological polar surface area (TPSA) is 34.9 Å². The molecule has 70 valence electrons. The SMILES string of the molecule is O=Cc1cnn(-c2ccc(I)cc2)c1. The van der Waals surface area contributed by atoms with Crippen LogP contribution < -0.4 is 0 Å². The summed E-state index contributed by atoms with van der Waals surface area (Å²) in [5, 5.41) is 4.07. The van der Waals surface area contributed by atoms with Crippen molar-refractivity contribution in [1.29, 1.82) is 0 Å². The molecule has 0 unspecified atom stereocenters. The summed E-state index contributed by atoms with van der Waals surface area (Å²) >= 11 is 2.24. The van der Waals surface area contributed by atoms with Crippen LogP contribution in [0.15, 0.2) is 36.7 Å². The molecule has 1 aromatic carbocycles. The molecule has 2 aromatic rings. The van der Waals surface area contributed by atoms with Crippen molar-refractivity contribution in [1.82, 2.24) is 9.78 Å².